The van der Waals surface area contributed by atoms with Gasteiger partial charge in [0.15, 0.2) is 0 Å². The zero-order valence-electron chi connectivity index (χ0n) is 12.5. The Bertz CT molecular complexity index is 611. The van der Waals surface area contributed by atoms with Crippen molar-refractivity contribution in [3.63, 3.8) is 0 Å². The second-order valence-corrected chi connectivity index (χ2v) is 10.00. The Morgan fingerprint density at radius 2 is 1.95 bits per heavy atom. The maximum absolute atomic E-state index is 13.3. The van der Waals surface area contributed by atoms with E-state index in [9.17, 15) is 9.32 Å². The molecule has 116 valence electrons. The average Bonchev–Trinajstić information content (AvgIpc) is 3.09. The number of aliphatic hydroxyl groups is 1. The van der Waals surface area contributed by atoms with E-state index in [1.807, 2.05) is 42.1 Å². The Morgan fingerprint density at radius 1 is 1.24 bits per heavy atom. The molecular formula is C16H23NO2S2. The summed E-state index contributed by atoms with van der Waals surface area (Å²) in [5.41, 5.74) is -0.847. The highest BCUT2D eigenvalue weighted by molar-refractivity contribution is 8.01. The maximum Gasteiger partial charge on any atom is 0.0920 e. The molecule has 1 N–H and O–H groups in total. The van der Waals surface area contributed by atoms with E-state index in [0.717, 1.165) is 42.8 Å². The Balaban J connectivity index is 1.96. The van der Waals surface area contributed by atoms with Gasteiger partial charge in [0.25, 0.3) is 0 Å². The number of thioether (sulfide) groups is 1. The summed E-state index contributed by atoms with van der Waals surface area (Å²) >= 11 is 1.89. The van der Waals surface area contributed by atoms with Gasteiger partial charge in [0, 0.05) is 16.7 Å². The van der Waals surface area contributed by atoms with Crippen LogP contribution in [0.5, 0.6) is 0 Å². The summed E-state index contributed by atoms with van der Waals surface area (Å²) in [7, 11) is -0.936. The van der Waals surface area contributed by atoms with E-state index in [4.69, 9.17) is 0 Å². The van der Waals surface area contributed by atoms with Crippen LogP contribution in [0, 0.1) is 0 Å². The van der Waals surface area contributed by atoms with Crippen molar-refractivity contribution < 1.29 is 9.32 Å². The summed E-state index contributed by atoms with van der Waals surface area (Å²) < 4.78 is 17.4. The minimum Gasteiger partial charge on any atom is -0.387 e. The molecule has 1 heterocycles. The van der Waals surface area contributed by atoms with Crippen molar-refractivity contribution in [3.05, 3.63) is 30.3 Å². The van der Waals surface area contributed by atoms with Crippen LogP contribution in [0.4, 0.5) is 0 Å². The van der Waals surface area contributed by atoms with Gasteiger partial charge in [-0.2, -0.15) is 11.8 Å². The van der Waals surface area contributed by atoms with Crippen molar-refractivity contribution >= 4 is 21.5 Å². The molecule has 1 aromatic carbocycles. The van der Waals surface area contributed by atoms with Crippen LogP contribution in [0.3, 0.4) is 0 Å². The fraction of sp³-hybridized carbons (Fsp3) is 0.625. The molecule has 0 unspecified atom stereocenters. The van der Waals surface area contributed by atoms with Crippen LogP contribution in [-0.4, -0.2) is 38.2 Å². The molecule has 1 aliphatic heterocycles. The molecule has 3 atom stereocenters. The number of hydrogen-bond acceptors (Lipinski definition) is 4. The predicted octanol–water partition coefficient (Wildman–Crippen LogP) is 3.32. The smallest absolute Gasteiger partial charge is 0.0920 e. The summed E-state index contributed by atoms with van der Waals surface area (Å²) in [6.07, 6.45) is 5.02. The first-order valence-corrected chi connectivity index (χ1v) is 10.3. The minimum atomic E-state index is -2.55. The Hall–Kier alpha value is -0.520. The van der Waals surface area contributed by atoms with E-state index in [0.29, 0.717) is 0 Å². The third-order valence-corrected chi connectivity index (χ3v) is 9.26. The highest BCUT2D eigenvalue weighted by Crippen LogP contribution is 2.56. The van der Waals surface area contributed by atoms with Gasteiger partial charge in [-0.05, 0) is 50.0 Å². The first-order valence-electron chi connectivity index (χ1n) is 7.58. The number of rotatable bonds is 3. The summed E-state index contributed by atoms with van der Waals surface area (Å²) in [6, 6.07) is 9.42. The Kier molecular flexibility index (Phi) is 4.10. The van der Waals surface area contributed by atoms with Gasteiger partial charge in [0.05, 0.1) is 21.1 Å². The van der Waals surface area contributed by atoms with Crippen LogP contribution in [0.1, 0.15) is 32.1 Å². The van der Waals surface area contributed by atoms with Crippen LogP contribution in [0.25, 0.3) is 0 Å². The maximum atomic E-state index is 13.3. The molecule has 0 amide bonds. The lowest BCUT2D eigenvalue weighted by Crippen LogP contribution is -2.50. The third kappa shape index (κ3) is 2.53. The molecule has 5 heteroatoms. The van der Waals surface area contributed by atoms with E-state index >= 15 is 0 Å². The quantitative estimate of drug-likeness (QED) is 0.927. The van der Waals surface area contributed by atoms with Crippen molar-refractivity contribution in [3.8, 4) is 0 Å². The van der Waals surface area contributed by atoms with Crippen LogP contribution < -0.4 is 0 Å². The highest BCUT2D eigenvalue weighted by atomic mass is 32.2. The molecule has 2 fully saturated rings. The van der Waals surface area contributed by atoms with Gasteiger partial charge in [-0.15, -0.1) is 0 Å². The molecule has 1 saturated carbocycles. The van der Waals surface area contributed by atoms with Gasteiger partial charge >= 0.3 is 0 Å². The molecule has 1 aromatic rings. The van der Waals surface area contributed by atoms with Gasteiger partial charge in [-0.1, -0.05) is 18.2 Å². The lowest BCUT2D eigenvalue weighted by Gasteiger charge is -2.39. The van der Waals surface area contributed by atoms with Crippen molar-refractivity contribution in [2.75, 3.05) is 18.6 Å². The molecule has 1 spiro atoms. The lowest BCUT2D eigenvalue weighted by molar-refractivity contribution is 0.0407. The van der Waals surface area contributed by atoms with Gasteiger partial charge in [-0.3, -0.25) is 0 Å². The highest BCUT2D eigenvalue weighted by Gasteiger charge is 2.56. The zero-order valence-corrected chi connectivity index (χ0v) is 14.1. The monoisotopic (exact) mass is 325 g/mol. The zero-order chi connectivity index (χ0) is 15.0. The number of hydrogen-bond donors (Lipinski definition) is 1. The van der Waals surface area contributed by atoms with Gasteiger partial charge in [-0.25, -0.2) is 8.57 Å². The van der Waals surface area contributed by atoms with Gasteiger partial charge in [0.1, 0.15) is 0 Å². The SMILES string of the molecule is CN=[S@](=O)(C[C@@]1(O)CCC[C@]12CCCS2)c1ccccc1. The van der Waals surface area contributed by atoms with E-state index in [-0.39, 0.29) is 10.5 Å². The van der Waals surface area contributed by atoms with Crippen LogP contribution >= 0.6 is 11.8 Å². The lowest BCUT2D eigenvalue weighted by atomic mass is 9.88. The minimum absolute atomic E-state index is 0.0882. The molecular weight excluding hydrogens is 302 g/mol. The van der Waals surface area contributed by atoms with E-state index < -0.39 is 15.3 Å². The molecule has 0 aromatic heterocycles. The summed E-state index contributed by atoms with van der Waals surface area (Å²) in [5.74, 6) is 1.38. The number of benzene rings is 1. The Morgan fingerprint density at radius 3 is 2.57 bits per heavy atom. The molecule has 3 rings (SSSR count). The van der Waals surface area contributed by atoms with Crippen molar-refractivity contribution in [2.45, 2.75) is 47.3 Å². The first-order chi connectivity index (χ1) is 10.0. The molecule has 1 aliphatic carbocycles. The predicted molar refractivity (Wildman–Crippen MR) is 89.3 cm³/mol. The molecule has 0 bridgehead atoms. The topological polar surface area (TPSA) is 49.7 Å². The second kappa shape index (κ2) is 5.60. The van der Waals surface area contributed by atoms with E-state index in [1.165, 1.54) is 0 Å². The summed E-state index contributed by atoms with van der Waals surface area (Å²) in [6.45, 7) is 0. The van der Waals surface area contributed by atoms with Crippen LogP contribution in [-0.2, 0) is 9.73 Å². The standard InChI is InChI=1S/C16H23NO2S2/c1-17-21(19,14-7-3-2-4-8-14)13-15(18)9-5-10-16(15)11-6-12-20-16/h2-4,7-8,18H,5-6,9-13H2,1H3/t15-,16-,21-/m0/s1. The third-order valence-electron chi connectivity index (χ3n) is 4.96. The normalized spacial score (nSPS) is 35.0. The van der Waals surface area contributed by atoms with Crippen molar-refractivity contribution in [1.82, 2.24) is 0 Å². The van der Waals surface area contributed by atoms with Gasteiger partial charge < -0.3 is 5.11 Å². The summed E-state index contributed by atoms with van der Waals surface area (Å²) in [4.78, 5) is 0.742. The molecule has 21 heavy (non-hydrogen) atoms. The van der Waals surface area contributed by atoms with Crippen molar-refractivity contribution in [2.24, 2.45) is 4.36 Å². The average molecular weight is 325 g/mol. The van der Waals surface area contributed by atoms with E-state index in [2.05, 4.69) is 4.36 Å². The largest absolute Gasteiger partial charge is 0.387 e. The van der Waals surface area contributed by atoms with Crippen LogP contribution in [0.2, 0.25) is 0 Å². The molecule has 1 saturated heterocycles. The fourth-order valence-corrected chi connectivity index (χ4v) is 7.75. The number of nitrogens with zero attached hydrogens (tertiary/aromatic N) is 1. The Labute approximate surface area is 131 Å². The first kappa shape index (κ1) is 15.4. The molecule has 3 nitrogen and oxygen atoms in total. The molecule has 0 radical (unpaired) electrons. The van der Waals surface area contributed by atoms with Gasteiger partial charge in [0.2, 0.25) is 0 Å². The second-order valence-electron chi connectivity index (χ2n) is 6.11. The summed E-state index contributed by atoms with van der Waals surface area (Å²) in [5, 5.41) is 11.3. The van der Waals surface area contributed by atoms with Crippen LogP contribution in [0.15, 0.2) is 39.6 Å². The van der Waals surface area contributed by atoms with E-state index in [1.54, 1.807) is 7.05 Å². The fourth-order valence-electron chi connectivity index (χ4n) is 3.80. The molecule has 2 aliphatic rings. The van der Waals surface area contributed by atoms with Crippen molar-refractivity contribution in [1.29, 1.82) is 0 Å².